The first-order chi connectivity index (χ1) is 8.40. The first-order valence-electron chi connectivity index (χ1n) is 6.01. The van der Waals surface area contributed by atoms with Gasteiger partial charge in [-0.1, -0.05) is 13.8 Å². The maximum absolute atomic E-state index is 11.2. The van der Waals surface area contributed by atoms with Gasteiger partial charge in [-0.05, 0) is 30.5 Å². The molecule has 1 unspecified atom stereocenters. The molecule has 100 valence electrons. The van der Waals surface area contributed by atoms with E-state index >= 15 is 0 Å². The summed E-state index contributed by atoms with van der Waals surface area (Å²) < 4.78 is 0. The average molecular weight is 251 g/mol. The van der Waals surface area contributed by atoms with Crippen molar-refractivity contribution in [2.45, 2.75) is 26.4 Å². The number of carbonyl (C=O) groups is 1. The summed E-state index contributed by atoms with van der Waals surface area (Å²) in [6.45, 7) is 4.44. The molecule has 0 radical (unpaired) electrons. The van der Waals surface area contributed by atoms with Crippen LogP contribution in [-0.4, -0.2) is 23.7 Å². The van der Waals surface area contributed by atoms with Crippen molar-refractivity contribution >= 4 is 17.3 Å². The van der Waals surface area contributed by atoms with E-state index in [1.165, 1.54) is 0 Å². The summed E-state index contributed by atoms with van der Waals surface area (Å²) in [7, 11) is 0. The Balaban J connectivity index is 2.71. The third-order valence-electron chi connectivity index (χ3n) is 2.58. The van der Waals surface area contributed by atoms with Crippen molar-refractivity contribution in [2.75, 3.05) is 17.6 Å². The van der Waals surface area contributed by atoms with Crippen LogP contribution in [0.4, 0.5) is 11.4 Å². The minimum absolute atomic E-state index is 0.363. The number of primary amides is 1. The van der Waals surface area contributed by atoms with Crippen LogP contribution in [0.15, 0.2) is 18.2 Å². The third-order valence-corrected chi connectivity index (χ3v) is 2.58. The quantitative estimate of drug-likeness (QED) is 0.570. The molecule has 0 saturated heterocycles. The molecule has 0 saturated carbocycles. The van der Waals surface area contributed by atoms with Crippen molar-refractivity contribution in [3.63, 3.8) is 0 Å². The first-order valence-corrected chi connectivity index (χ1v) is 6.01. The lowest BCUT2D eigenvalue weighted by Crippen LogP contribution is -2.23. The molecule has 0 fully saturated rings. The van der Waals surface area contributed by atoms with E-state index < -0.39 is 12.0 Å². The van der Waals surface area contributed by atoms with E-state index in [9.17, 15) is 9.90 Å². The van der Waals surface area contributed by atoms with Gasteiger partial charge in [0.1, 0.15) is 0 Å². The number of aliphatic hydroxyl groups is 1. The monoisotopic (exact) mass is 251 g/mol. The number of nitrogens with one attached hydrogen (secondary N) is 1. The van der Waals surface area contributed by atoms with Crippen LogP contribution in [-0.2, 0) is 0 Å². The molecule has 0 spiro atoms. The van der Waals surface area contributed by atoms with Gasteiger partial charge < -0.3 is 21.9 Å². The Kier molecular flexibility index (Phi) is 4.97. The van der Waals surface area contributed by atoms with E-state index in [4.69, 9.17) is 11.5 Å². The molecule has 1 aromatic carbocycles. The topological polar surface area (TPSA) is 101 Å². The maximum atomic E-state index is 11.2. The van der Waals surface area contributed by atoms with Crippen LogP contribution >= 0.6 is 0 Å². The number of hydrogen-bond acceptors (Lipinski definition) is 4. The molecule has 0 heterocycles. The van der Waals surface area contributed by atoms with Gasteiger partial charge in [0.25, 0.3) is 5.91 Å². The molecular formula is C13H21N3O2. The van der Waals surface area contributed by atoms with Crippen molar-refractivity contribution in [1.82, 2.24) is 0 Å². The molecule has 1 aromatic rings. The number of carbonyl (C=O) groups excluding carboxylic acids is 1. The van der Waals surface area contributed by atoms with Crippen LogP contribution < -0.4 is 16.8 Å². The van der Waals surface area contributed by atoms with Gasteiger partial charge in [0, 0.05) is 17.9 Å². The van der Waals surface area contributed by atoms with Crippen LogP contribution in [0, 0.1) is 5.92 Å². The van der Waals surface area contributed by atoms with E-state index in [0.29, 0.717) is 35.8 Å². The number of anilines is 2. The summed E-state index contributed by atoms with van der Waals surface area (Å²) >= 11 is 0. The number of amides is 1. The van der Waals surface area contributed by atoms with Gasteiger partial charge in [0.2, 0.25) is 0 Å². The van der Waals surface area contributed by atoms with Gasteiger partial charge >= 0.3 is 0 Å². The van der Waals surface area contributed by atoms with Crippen molar-refractivity contribution in [3.8, 4) is 0 Å². The molecule has 1 atom stereocenters. The molecule has 0 aliphatic rings. The Morgan fingerprint density at radius 1 is 1.44 bits per heavy atom. The molecule has 5 nitrogen and oxygen atoms in total. The molecule has 0 bridgehead atoms. The normalized spacial score (nSPS) is 12.4. The zero-order valence-corrected chi connectivity index (χ0v) is 10.8. The van der Waals surface area contributed by atoms with E-state index in [0.717, 1.165) is 0 Å². The van der Waals surface area contributed by atoms with Crippen molar-refractivity contribution < 1.29 is 9.90 Å². The Morgan fingerprint density at radius 2 is 2.11 bits per heavy atom. The summed E-state index contributed by atoms with van der Waals surface area (Å²) in [6, 6.07) is 4.84. The van der Waals surface area contributed by atoms with Gasteiger partial charge in [-0.2, -0.15) is 0 Å². The summed E-state index contributed by atoms with van der Waals surface area (Å²) in [4.78, 5) is 11.2. The lowest BCUT2D eigenvalue weighted by Gasteiger charge is -2.16. The standard InChI is InChI=1S/C13H21N3O2/c1-8(2)5-10(17)7-16-12-6-9(14)3-4-11(12)13(15)18/h3-4,6,8,10,16-17H,5,7,14H2,1-2H3,(H2,15,18). The van der Waals surface area contributed by atoms with Crippen LogP contribution in [0.1, 0.15) is 30.6 Å². The second kappa shape index (κ2) is 6.26. The molecule has 18 heavy (non-hydrogen) atoms. The maximum Gasteiger partial charge on any atom is 0.250 e. The Morgan fingerprint density at radius 3 is 2.67 bits per heavy atom. The smallest absolute Gasteiger partial charge is 0.250 e. The first kappa shape index (κ1) is 14.3. The van der Waals surface area contributed by atoms with E-state index in [2.05, 4.69) is 5.32 Å². The van der Waals surface area contributed by atoms with Crippen LogP contribution in [0.2, 0.25) is 0 Å². The fourth-order valence-electron chi connectivity index (χ4n) is 1.78. The molecule has 6 N–H and O–H groups in total. The minimum Gasteiger partial charge on any atom is -0.399 e. The summed E-state index contributed by atoms with van der Waals surface area (Å²) in [5.41, 5.74) is 12.4. The van der Waals surface area contributed by atoms with E-state index in [1.54, 1.807) is 18.2 Å². The largest absolute Gasteiger partial charge is 0.399 e. The van der Waals surface area contributed by atoms with Gasteiger partial charge in [0.15, 0.2) is 0 Å². The molecule has 0 aliphatic heterocycles. The van der Waals surface area contributed by atoms with Gasteiger partial charge in [0.05, 0.1) is 11.7 Å². The zero-order chi connectivity index (χ0) is 13.7. The van der Waals surface area contributed by atoms with Gasteiger partial charge in [-0.25, -0.2) is 0 Å². The second-order valence-corrected chi connectivity index (χ2v) is 4.83. The van der Waals surface area contributed by atoms with Gasteiger partial charge in [-0.15, -0.1) is 0 Å². The van der Waals surface area contributed by atoms with Gasteiger partial charge in [-0.3, -0.25) is 4.79 Å². The van der Waals surface area contributed by atoms with Crippen molar-refractivity contribution in [1.29, 1.82) is 0 Å². The van der Waals surface area contributed by atoms with Crippen LogP contribution in [0.25, 0.3) is 0 Å². The van der Waals surface area contributed by atoms with E-state index in [1.807, 2.05) is 13.8 Å². The molecule has 1 amide bonds. The summed E-state index contributed by atoms with van der Waals surface area (Å²) in [6.07, 6.45) is 0.230. The second-order valence-electron chi connectivity index (χ2n) is 4.83. The van der Waals surface area contributed by atoms with Crippen molar-refractivity contribution in [2.24, 2.45) is 11.7 Å². The number of benzene rings is 1. The lowest BCUT2D eigenvalue weighted by atomic mass is 10.1. The van der Waals surface area contributed by atoms with Crippen molar-refractivity contribution in [3.05, 3.63) is 23.8 Å². The SMILES string of the molecule is CC(C)CC(O)CNc1cc(N)ccc1C(N)=O. The number of hydrogen-bond donors (Lipinski definition) is 4. The molecule has 0 aromatic heterocycles. The zero-order valence-electron chi connectivity index (χ0n) is 10.8. The average Bonchev–Trinajstić information content (AvgIpc) is 2.25. The third kappa shape index (κ3) is 4.25. The Labute approximate surface area is 107 Å². The molecule has 5 heteroatoms. The number of rotatable bonds is 6. The fourth-order valence-corrected chi connectivity index (χ4v) is 1.78. The lowest BCUT2D eigenvalue weighted by molar-refractivity contribution is 0.100. The van der Waals surface area contributed by atoms with Crippen LogP contribution in [0.5, 0.6) is 0 Å². The summed E-state index contributed by atoms with van der Waals surface area (Å²) in [5.74, 6) is -0.103. The fraction of sp³-hybridized carbons (Fsp3) is 0.462. The van der Waals surface area contributed by atoms with Crippen LogP contribution in [0.3, 0.4) is 0 Å². The predicted octanol–water partition coefficient (Wildman–Crippen LogP) is 1.19. The minimum atomic E-state index is -0.518. The Hall–Kier alpha value is -1.75. The highest BCUT2D eigenvalue weighted by molar-refractivity contribution is 5.99. The molecule has 0 aliphatic carbocycles. The van der Waals surface area contributed by atoms with E-state index in [-0.39, 0.29) is 0 Å². The number of nitrogen functional groups attached to an aromatic ring is 1. The number of nitrogens with two attached hydrogens (primary N) is 2. The number of aliphatic hydroxyl groups excluding tert-OH is 1. The Bertz CT molecular complexity index is 419. The highest BCUT2D eigenvalue weighted by Gasteiger charge is 2.11. The highest BCUT2D eigenvalue weighted by atomic mass is 16.3. The predicted molar refractivity (Wildman–Crippen MR) is 73.3 cm³/mol. The summed E-state index contributed by atoms with van der Waals surface area (Å²) in [5, 5.41) is 12.8. The highest BCUT2D eigenvalue weighted by Crippen LogP contribution is 2.19. The molecule has 1 rings (SSSR count). The molecular weight excluding hydrogens is 230 g/mol.